The van der Waals surface area contributed by atoms with E-state index in [9.17, 15) is 32.1 Å². The molecule has 2 aromatic rings. The van der Waals surface area contributed by atoms with E-state index in [4.69, 9.17) is 0 Å². The first-order chi connectivity index (χ1) is 10.8. The van der Waals surface area contributed by atoms with Crippen molar-refractivity contribution in [3.63, 3.8) is 0 Å². The molecule has 0 aliphatic rings. The summed E-state index contributed by atoms with van der Waals surface area (Å²) in [4.78, 5) is 10.2. The lowest BCUT2D eigenvalue weighted by Crippen LogP contribution is -2.28. The Balaban J connectivity index is 2.78. The second-order valence-corrected chi connectivity index (χ2v) is 4.90. The maximum Gasteiger partial charge on any atom is 0.221 e. The molecule has 2 unspecified atom stereocenters. The SMILES string of the molecule is CC(C(c1ccccc1)c1c(F)c(F)c(F)c(F)c1F)[N+](=O)[O-]. The third-order valence-corrected chi connectivity index (χ3v) is 3.53. The highest BCUT2D eigenvalue weighted by Crippen LogP contribution is 2.36. The summed E-state index contributed by atoms with van der Waals surface area (Å²) in [6.45, 7) is 1.04. The molecule has 0 saturated carbocycles. The fourth-order valence-corrected chi connectivity index (χ4v) is 2.36. The minimum Gasteiger partial charge on any atom is -0.264 e. The van der Waals surface area contributed by atoms with Crippen LogP contribution < -0.4 is 0 Å². The van der Waals surface area contributed by atoms with E-state index in [-0.39, 0.29) is 5.56 Å². The summed E-state index contributed by atoms with van der Waals surface area (Å²) in [5, 5.41) is 11.0. The molecular weight excluding hydrogens is 321 g/mol. The average molecular weight is 331 g/mol. The van der Waals surface area contributed by atoms with Crippen LogP contribution in [0.25, 0.3) is 0 Å². The van der Waals surface area contributed by atoms with Crippen LogP contribution in [0.4, 0.5) is 22.0 Å². The predicted octanol–water partition coefficient (Wildman–Crippen LogP) is 4.18. The van der Waals surface area contributed by atoms with Crippen LogP contribution in [0.2, 0.25) is 0 Å². The van der Waals surface area contributed by atoms with Crippen LogP contribution in [-0.4, -0.2) is 11.0 Å². The van der Waals surface area contributed by atoms with Gasteiger partial charge in [0.15, 0.2) is 23.3 Å². The molecule has 0 radical (unpaired) electrons. The third kappa shape index (κ3) is 2.88. The molecule has 0 N–H and O–H groups in total. The lowest BCUT2D eigenvalue weighted by atomic mass is 9.85. The standard InChI is InChI=1S/C15H10F5NO2/c1-7(21(22)23)9(8-5-3-2-4-6-8)10-11(16)13(18)15(20)14(19)12(10)17/h2-7,9H,1H3. The highest BCUT2D eigenvalue weighted by molar-refractivity contribution is 5.37. The molecule has 0 heterocycles. The number of benzene rings is 2. The zero-order chi connectivity index (χ0) is 17.3. The van der Waals surface area contributed by atoms with Crippen molar-refractivity contribution < 1.29 is 26.9 Å². The Labute approximate surface area is 127 Å². The van der Waals surface area contributed by atoms with Crippen LogP contribution in [0, 0.1) is 39.2 Å². The number of hydrogen-bond acceptors (Lipinski definition) is 2. The Morgan fingerprint density at radius 1 is 0.870 bits per heavy atom. The molecule has 23 heavy (non-hydrogen) atoms. The average Bonchev–Trinajstić information content (AvgIpc) is 2.55. The van der Waals surface area contributed by atoms with Crippen molar-refractivity contribution in [2.75, 3.05) is 0 Å². The van der Waals surface area contributed by atoms with Crippen LogP contribution in [0.5, 0.6) is 0 Å². The molecule has 2 atom stereocenters. The molecule has 0 aliphatic heterocycles. The van der Waals surface area contributed by atoms with Crippen molar-refractivity contribution in [1.29, 1.82) is 0 Å². The molecular formula is C15H10F5NO2. The van der Waals surface area contributed by atoms with Crippen molar-refractivity contribution in [2.24, 2.45) is 0 Å². The first-order valence-corrected chi connectivity index (χ1v) is 6.47. The van der Waals surface area contributed by atoms with Gasteiger partial charge in [-0.3, -0.25) is 10.1 Å². The summed E-state index contributed by atoms with van der Waals surface area (Å²) in [7, 11) is 0. The van der Waals surface area contributed by atoms with Gasteiger partial charge >= 0.3 is 0 Å². The van der Waals surface area contributed by atoms with E-state index in [1.807, 2.05) is 0 Å². The number of nitrogens with zero attached hydrogens (tertiary/aromatic N) is 1. The normalized spacial score (nSPS) is 13.7. The van der Waals surface area contributed by atoms with Gasteiger partial charge in [0.1, 0.15) is 0 Å². The minimum atomic E-state index is -2.30. The lowest BCUT2D eigenvalue weighted by Gasteiger charge is -2.21. The van der Waals surface area contributed by atoms with Crippen LogP contribution in [0.3, 0.4) is 0 Å². The fourth-order valence-electron chi connectivity index (χ4n) is 2.36. The van der Waals surface area contributed by atoms with Gasteiger partial charge in [0, 0.05) is 17.4 Å². The summed E-state index contributed by atoms with van der Waals surface area (Å²) in [5.74, 6) is -12.3. The van der Waals surface area contributed by atoms with E-state index < -0.39 is 51.5 Å². The van der Waals surface area contributed by atoms with Gasteiger partial charge in [-0.15, -0.1) is 0 Å². The zero-order valence-corrected chi connectivity index (χ0v) is 11.7. The molecule has 2 rings (SSSR count). The topological polar surface area (TPSA) is 43.1 Å². The molecule has 0 fully saturated rings. The van der Waals surface area contributed by atoms with Crippen molar-refractivity contribution in [2.45, 2.75) is 18.9 Å². The van der Waals surface area contributed by atoms with Crippen molar-refractivity contribution >= 4 is 0 Å². The molecule has 2 aromatic carbocycles. The van der Waals surface area contributed by atoms with E-state index in [1.165, 1.54) is 24.3 Å². The number of rotatable bonds is 4. The molecule has 0 bridgehead atoms. The van der Waals surface area contributed by atoms with Crippen LogP contribution in [-0.2, 0) is 0 Å². The quantitative estimate of drug-likeness (QED) is 0.277. The van der Waals surface area contributed by atoms with E-state index in [0.29, 0.717) is 0 Å². The van der Waals surface area contributed by atoms with Gasteiger partial charge in [0.05, 0.1) is 5.92 Å². The van der Waals surface area contributed by atoms with Gasteiger partial charge in [0.2, 0.25) is 11.9 Å². The molecule has 8 heteroatoms. The number of nitro groups is 1. The highest BCUT2D eigenvalue weighted by Gasteiger charge is 2.38. The molecule has 0 saturated heterocycles. The van der Waals surface area contributed by atoms with Crippen LogP contribution in [0.15, 0.2) is 30.3 Å². The van der Waals surface area contributed by atoms with Gasteiger partial charge < -0.3 is 0 Å². The molecule has 0 aromatic heterocycles. The zero-order valence-electron chi connectivity index (χ0n) is 11.7. The largest absolute Gasteiger partial charge is 0.264 e. The third-order valence-electron chi connectivity index (χ3n) is 3.53. The van der Waals surface area contributed by atoms with Gasteiger partial charge in [-0.2, -0.15) is 0 Å². The Morgan fingerprint density at radius 2 is 1.30 bits per heavy atom. The van der Waals surface area contributed by atoms with E-state index in [2.05, 4.69) is 0 Å². The first kappa shape index (κ1) is 16.9. The second kappa shape index (κ2) is 6.31. The Bertz CT molecular complexity index is 722. The van der Waals surface area contributed by atoms with Crippen molar-refractivity contribution in [1.82, 2.24) is 0 Å². The number of halogens is 5. The van der Waals surface area contributed by atoms with E-state index >= 15 is 0 Å². The first-order valence-electron chi connectivity index (χ1n) is 6.47. The summed E-state index contributed by atoms with van der Waals surface area (Å²) in [6.07, 6.45) is 0. The Hall–Kier alpha value is -2.51. The van der Waals surface area contributed by atoms with Crippen molar-refractivity contribution in [3.8, 4) is 0 Å². The Kier molecular flexibility index (Phi) is 4.63. The Morgan fingerprint density at radius 3 is 1.74 bits per heavy atom. The molecule has 3 nitrogen and oxygen atoms in total. The van der Waals surface area contributed by atoms with E-state index in [1.54, 1.807) is 6.07 Å². The molecule has 122 valence electrons. The summed E-state index contributed by atoms with van der Waals surface area (Å²) < 4.78 is 68.0. The number of hydrogen-bond donors (Lipinski definition) is 0. The van der Waals surface area contributed by atoms with Gasteiger partial charge in [0.25, 0.3) is 0 Å². The lowest BCUT2D eigenvalue weighted by molar-refractivity contribution is -0.520. The summed E-state index contributed by atoms with van der Waals surface area (Å²) in [5.41, 5.74) is -1.14. The second-order valence-electron chi connectivity index (χ2n) is 4.90. The molecule has 0 aliphatic carbocycles. The minimum absolute atomic E-state index is 0.0694. The molecule has 0 spiro atoms. The summed E-state index contributed by atoms with van der Waals surface area (Å²) in [6, 6.07) is 5.48. The maximum atomic E-state index is 14.0. The highest BCUT2D eigenvalue weighted by atomic mass is 19.2. The van der Waals surface area contributed by atoms with Gasteiger partial charge in [-0.25, -0.2) is 22.0 Å². The van der Waals surface area contributed by atoms with E-state index in [0.717, 1.165) is 6.92 Å². The summed E-state index contributed by atoms with van der Waals surface area (Å²) >= 11 is 0. The maximum absolute atomic E-state index is 14.0. The van der Waals surface area contributed by atoms with Crippen LogP contribution in [0.1, 0.15) is 24.0 Å². The smallest absolute Gasteiger partial charge is 0.221 e. The van der Waals surface area contributed by atoms with Crippen molar-refractivity contribution in [3.05, 3.63) is 80.7 Å². The predicted molar refractivity (Wildman–Crippen MR) is 71.0 cm³/mol. The van der Waals surface area contributed by atoms with Gasteiger partial charge in [-0.05, 0) is 5.56 Å². The van der Waals surface area contributed by atoms with Crippen LogP contribution >= 0.6 is 0 Å². The van der Waals surface area contributed by atoms with Gasteiger partial charge in [-0.1, -0.05) is 30.3 Å². The fraction of sp³-hybridized carbons (Fsp3) is 0.200. The monoisotopic (exact) mass is 331 g/mol. The molecule has 0 amide bonds.